The number of hydrogen-bond acceptors (Lipinski definition) is 8. The van der Waals surface area contributed by atoms with Gasteiger partial charge in [0, 0.05) is 41.9 Å². The molecule has 1 N–H and O–H groups in total. The number of halogens is 3. The van der Waals surface area contributed by atoms with Crippen molar-refractivity contribution in [3.8, 4) is 17.6 Å². The van der Waals surface area contributed by atoms with Crippen molar-refractivity contribution >= 4 is 23.7 Å². The smallest absolute Gasteiger partial charge is 0.394 e. The van der Waals surface area contributed by atoms with Crippen molar-refractivity contribution in [3.63, 3.8) is 0 Å². The number of rotatable bonds is 5. The number of alkyl halides is 3. The predicted octanol–water partition coefficient (Wildman–Crippen LogP) is 6.13. The Morgan fingerprint density at radius 1 is 1.12 bits per heavy atom. The molecule has 9 nitrogen and oxygen atoms in total. The Bertz CT molecular complexity index is 1460. The van der Waals surface area contributed by atoms with Crippen molar-refractivity contribution in [2.45, 2.75) is 81.6 Å². The van der Waals surface area contributed by atoms with Crippen LogP contribution in [0.5, 0.6) is 11.8 Å². The fraction of sp³-hybridized carbons (Fsp3) is 0.517. The second-order valence-corrected chi connectivity index (χ2v) is 12.6. The van der Waals surface area contributed by atoms with E-state index in [1.54, 1.807) is 36.5 Å². The summed E-state index contributed by atoms with van der Waals surface area (Å²) in [5.41, 5.74) is -1.44. The number of nitrogens with one attached hydrogen (secondary N) is 1. The highest BCUT2D eigenvalue weighted by Crippen LogP contribution is 2.59. The molecule has 0 aromatic carbocycles. The summed E-state index contributed by atoms with van der Waals surface area (Å²) in [4.78, 5) is 25.2. The quantitative estimate of drug-likeness (QED) is 0.349. The van der Waals surface area contributed by atoms with E-state index in [2.05, 4.69) is 33.6 Å². The molecule has 1 unspecified atom stereocenters. The molecule has 13 heteroatoms. The number of pyridine rings is 2. The fourth-order valence-electron chi connectivity index (χ4n) is 5.79. The number of fused-ring (bicyclic) bond motifs is 5. The summed E-state index contributed by atoms with van der Waals surface area (Å²) in [6.07, 6.45) is 1.17. The van der Waals surface area contributed by atoms with Gasteiger partial charge in [0.05, 0.1) is 24.2 Å². The summed E-state index contributed by atoms with van der Waals surface area (Å²) in [5, 5.41) is 5.02. The van der Waals surface area contributed by atoms with Crippen LogP contribution in [0.2, 0.25) is 0 Å². The van der Waals surface area contributed by atoms with Crippen molar-refractivity contribution in [1.29, 1.82) is 0 Å². The molecule has 0 spiro atoms. The van der Waals surface area contributed by atoms with Crippen molar-refractivity contribution in [3.05, 3.63) is 48.2 Å². The highest BCUT2D eigenvalue weighted by atomic mass is 32.2. The first kappa shape index (κ1) is 28.6. The van der Waals surface area contributed by atoms with Crippen molar-refractivity contribution < 1.29 is 27.4 Å². The van der Waals surface area contributed by atoms with Crippen LogP contribution in [0.3, 0.4) is 0 Å². The van der Waals surface area contributed by atoms with E-state index in [0.29, 0.717) is 34.7 Å². The minimum Gasteiger partial charge on any atom is -0.478 e. The topological polar surface area (TPSA) is 94.4 Å². The summed E-state index contributed by atoms with van der Waals surface area (Å²) in [5.74, 6) is 1.47. The highest BCUT2D eigenvalue weighted by molar-refractivity contribution is 7.97. The first-order chi connectivity index (χ1) is 20.0. The summed E-state index contributed by atoms with van der Waals surface area (Å²) >= 11 is 1.11. The Morgan fingerprint density at radius 2 is 1.95 bits per heavy atom. The van der Waals surface area contributed by atoms with Gasteiger partial charge >= 0.3 is 6.18 Å². The standard InChI is InChI=1S/C29H33F3N6O3S/c1-27(2)12-10-19-5-4-17-40-22-6-3-7-24(34-22)42-36-26(39)20-8-9-21(33-25(20)38(19)27)37-16-11-23(35-37)41-18-15-28(13-14-28)29(30,31)32/h3,6-9,11,16,19H,4-5,10,12-15,17-18H2,1-2H3,(H,36,39). The van der Waals surface area contributed by atoms with E-state index in [1.807, 2.05) is 6.07 Å². The Kier molecular flexibility index (Phi) is 7.48. The van der Waals surface area contributed by atoms with Gasteiger partial charge in [0.2, 0.25) is 11.8 Å². The number of anilines is 1. The molecule has 1 saturated heterocycles. The lowest BCUT2D eigenvalue weighted by atomic mass is 10.0. The molecule has 224 valence electrons. The summed E-state index contributed by atoms with van der Waals surface area (Å²) in [6, 6.07) is 10.6. The molecule has 3 aromatic heterocycles. The third-order valence-corrected chi connectivity index (χ3v) is 9.13. The minimum absolute atomic E-state index is 0.0723. The zero-order valence-corrected chi connectivity index (χ0v) is 24.3. The molecule has 3 aliphatic rings. The Morgan fingerprint density at radius 3 is 2.74 bits per heavy atom. The largest absolute Gasteiger partial charge is 0.478 e. The molecule has 2 bridgehead atoms. The number of carbonyl (C=O) groups excluding carboxylic acids is 1. The molecule has 3 aromatic rings. The molecule has 5 heterocycles. The first-order valence-corrected chi connectivity index (χ1v) is 15.0. The molecule has 42 heavy (non-hydrogen) atoms. The first-order valence-electron chi connectivity index (χ1n) is 14.2. The summed E-state index contributed by atoms with van der Waals surface area (Å²) < 4.78 is 55.7. The number of amides is 1. The van der Waals surface area contributed by atoms with E-state index >= 15 is 0 Å². The van der Waals surface area contributed by atoms with Crippen molar-refractivity contribution in [2.75, 3.05) is 18.1 Å². The van der Waals surface area contributed by atoms with Crippen LogP contribution in [0.25, 0.3) is 5.82 Å². The van der Waals surface area contributed by atoms with Crippen LogP contribution in [0, 0.1) is 5.41 Å². The van der Waals surface area contributed by atoms with Gasteiger partial charge < -0.3 is 14.4 Å². The molecule has 1 amide bonds. The molecular formula is C29H33F3N6O3S. The fourth-order valence-corrected chi connectivity index (χ4v) is 6.38. The second kappa shape index (κ2) is 11.0. The van der Waals surface area contributed by atoms with E-state index in [-0.39, 0.29) is 49.2 Å². The van der Waals surface area contributed by atoms with Gasteiger partial charge in [-0.1, -0.05) is 6.07 Å². The van der Waals surface area contributed by atoms with Gasteiger partial charge in [-0.15, -0.1) is 5.10 Å². The number of aromatic nitrogens is 4. The lowest BCUT2D eigenvalue weighted by Gasteiger charge is -2.38. The van der Waals surface area contributed by atoms with E-state index in [9.17, 15) is 18.0 Å². The van der Waals surface area contributed by atoms with Crippen LogP contribution < -0.4 is 19.1 Å². The van der Waals surface area contributed by atoms with Gasteiger partial charge in [-0.25, -0.2) is 14.6 Å². The van der Waals surface area contributed by atoms with E-state index in [1.165, 1.54) is 4.68 Å². The van der Waals surface area contributed by atoms with E-state index in [0.717, 1.165) is 37.6 Å². The summed E-state index contributed by atoms with van der Waals surface area (Å²) in [6.45, 7) is 4.76. The van der Waals surface area contributed by atoms with Crippen LogP contribution in [0.1, 0.15) is 69.2 Å². The molecule has 1 aliphatic carbocycles. The van der Waals surface area contributed by atoms with Crippen LogP contribution in [0.4, 0.5) is 19.0 Å². The maximum Gasteiger partial charge on any atom is 0.394 e. The summed E-state index contributed by atoms with van der Waals surface area (Å²) in [7, 11) is 0. The molecular weight excluding hydrogens is 569 g/mol. The Hall–Kier alpha value is -3.48. The third kappa shape index (κ3) is 5.75. The molecule has 2 aliphatic heterocycles. The molecule has 2 fully saturated rings. The zero-order chi connectivity index (χ0) is 29.5. The van der Waals surface area contributed by atoms with Gasteiger partial charge in [0.25, 0.3) is 5.91 Å². The molecule has 1 saturated carbocycles. The van der Waals surface area contributed by atoms with Crippen molar-refractivity contribution in [2.24, 2.45) is 5.41 Å². The van der Waals surface area contributed by atoms with Crippen LogP contribution in [0.15, 0.2) is 47.6 Å². The van der Waals surface area contributed by atoms with Gasteiger partial charge in [-0.2, -0.15) is 13.2 Å². The number of ether oxygens (including phenoxy) is 2. The van der Waals surface area contributed by atoms with E-state index in [4.69, 9.17) is 14.5 Å². The minimum atomic E-state index is -4.21. The SMILES string of the molecule is CC1(C)CCC2CCCOc3cccc(n3)SNC(=O)c3ccc(-n4ccc(OCCC5(C(F)(F)F)CC5)n4)nc3N21. The van der Waals surface area contributed by atoms with Crippen LogP contribution >= 0.6 is 11.9 Å². The monoisotopic (exact) mass is 602 g/mol. The van der Waals surface area contributed by atoms with Crippen LogP contribution in [-0.4, -0.2) is 56.6 Å². The third-order valence-electron chi connectivity index (χ3n) is 8.40. The lowest BCUT2D eigenvalue weighted by molar-refractivity contribution is -0.190. The molecule has 0 radical (unpaired) electrons. The van der Waals surface area contributed by atoms with Gasteiger partial charge in [-0.05, 0) is 77.0 Å². The highest BCUT2D eigenvalue weighted by Gasteiger charge is 2.62. The van der Waals surface area contributed by atoms with E-state index < -0.39 is 11.6 Å². The van der Waals surface area contributed by atoms with Crippen molar-refractivity contribution in [1.82, 2.24) is 24.5 Å². The number of carbonyl (C=O) groups is 1. The zero-order valence-electron chi connectivity index (χ0n) is 23.5. The molecule has 6 rings (SSSR count). The average molecular weight is 603 g/mol. The Labute approximate surface area is 246 Å². The number of nitrogens with zero attached hydrogens (tertiary/aromatic N) is 5. The average Bonchev–Trinajstić information content (AvgIpc) is 3.51. The van der Waals surface area contributed by atoms with Gasteiger partial charge in [0.15, 0.2) is 5.82 Å². The lowest BCUT2D eigenvalue weighted by Crippen LogP contribution is -2.45. The number of hydrogen-bond donors (Lipinski definition) is 1. The molecule has 1 atom stereocenters. The van der Waals surface area contributed by atoms with Crippen LogP contribution in [-0.2, 0) is 0 Å². The Balaban J connectivity index is 1.28. The van der Waals surface area contributed by atoms with Gasteiger partial charge in [0.1, 0.15) is 10.8 Å². The second-order valence-electron chi connectivity index (χ2n) is 11.7. The maximum absolute atomic E-state index is 13.5. The van der Waals surface area contributed by atoms with Gasteiger partial charge in [-0.3, -0.25) is 9.52 Å². The predicted molar refractivity (Wildman–Crippen MR) is 151 cm³/mol. The normalized spacial score (nSPS) is 21.4. The maximum atomic E-state index is 13.5.